The lowest BCUT2D eigenvalue weighted by Gasteiger charge is -2.15. The summed E-state index contributed by atoms with van der Waals surface area (Å²) < 4.78 is 30.7. The number of hydrogen-bond donors (Lipinski definition) is 3. The van der Waals surface area contributed by atoms with Crippen LogP contribution in [0.1, 0.15) is 18.5 Å². The van der Waals surface area contributed by atoms with Gasteiger partial charge in [-0.3, -0.25) is 4.79 Å². The van der Waals surface area contributed by atoms with E-state index in [1.807, 2.05) is 0 Å². The van der Waals surface area contributed by atoms with Gasteiger partial charge in [-0.1, -0.05) is 12.1 Å². The fourth-order valence-electron chi connectivity index (χ4n) is 1.82. The number of methoxy groups -OCH3 is 1. The van der Waals surface area contributed by atoms with Gasteiger partial charge in [0.05, 0.1) is 24.1 Å². The Morgan fingerprint density at radius 2 is 2.09 bits per heavy atom. The Morgan fingerprint density at radius 1 is 1.36 bits per heavy atom. The molecule has 0 saturated carbocycles. The first kappa shape index (κ1) is 18.6. The number of nitrogens with one attached hydrogen (secondary N) is 3. The molecule has 0 fully saturated rings. The van der Waals surface area contributed by atoms with E-state index >= 15 is 0 Å². The lowest BCUT2D eigenvalue weighted by atomic mass is 10.1. The Labute approximate surface area is 131 Å². The maximum atomic E-state index is 11.8. The van der Waals surface area contributed by atoms with Crippen LogP contribution < -0.4 is 15.4 Å². The first-order valence-electron chi connectivity index (χ1n) is 6.93. The van der Waals surface area contributed by atoms with Crippen LogP contribution in [0.5, 0.6) is 0 Å². The molecule has 124 valence electrons. The fraction of sp³-hybridized carbons (Fsp3) is 0.500. The summed E-state index contributed by atoms with van der Waals surface area (Å²) in [5.74, 6) is -0.162. The highest BCUT2D eigenvalue weighted by Gasteiger charge is 2.14. The van der Waals surface area contributed by atoms with E-state index in [4.69, 9.17) is 4.74 Å². The number of ether oxygens (including phenoxy) is 1. The molecular weight excluding hydrogens is 306 g/mol. The molecule has 0 aliphatic carbocycles. The normalized spacial score (nSPS) is 12.9. The molecule has 3 N–H and O–H groups in total. The molecule has 7 nitrogen and oxygen atoms in total. The molecule has 1 rings (SSSR count). The first-order chi connectivity index (χ1) is 10.4. The van der Waals surface area contributed by atoms with Crippen LogP contribution >= 0.6 is 0 Å². The van der Waals surface area contributed by atoms with E-state index in [2.05, 4.69) is 15.4 Å². The van der Waals surface area contributed by atoms with Crippen molar-refractivity contribution in [2.45, 2.75) is 17.9 Å². The number of benzene rings is 1. The zero-order chi connectivity index (χ0) is 16.6. The zero-order valence-corrected chi connectivity index (χ0v) is 13.9. The van der Waals surface area contributed by atoms with Crippen LogP contribution in [0.2, 0.25) is 0 Å². The second-order valence-electron chi connectivity index (χ2n) is 4.74. The van der Waals surface area contributed by atoms with Crippen molar-refractivity contribution in [1.29, 1.82) is 0 Å². The van der Waals surface area contributed by atoms with Gasteiger partial charge in [0, 0.05) is 13.7 Å². The quantitative estimate of drug-likeness (QED) is 0.555. The zero-order valence-electron chi connectivity index (χ0n) is 13.0. The lowest BCUT2D eigenvalue weighted by molar-refractivity contribution is -0.120. The monoisotopic (exact) mass is 329 g/mol. The average molecular weight is 329 g/mol. The molecule has 0 radical (unpaired) electrons. The van der Waals surface area contributed by atoms with Crippen molar-refractivity contribution in [3.8, 4) is 0 Å². The van der Waals surface area contributed by atoms with Gasteiger partial charge < -0.3 is 15.4 Å². The van der Waals surface area contributed by atoms with E-state index in [0.717, 1.165) is 5.56 Å². The molecular formula is C14H23N3O4S. The van der Waals surface area contributed by atoms with Gasteiger partial charge in [0.1, 0.15) is 0 Å². The average Bonchev–Trinajstić information content (AvgIpc) is 2.51. The highest BCUT2D eigenvalue weighted by molar-refractivity contribution is 7.89. The number of carbonyl (C=O) groups excluding carboxylic acids is 1. The molecule has 22 heavy (non-hydrogen) atoms. The Balaban J connectivity index is 2.64. The van der Waals surface area contributed by atoms with Crippen LogP contribution in [0.4, 0.5) is 0 Å². The van der Waals surface area contributed by atoms with Crippen LogP contribution in [0.3, 0.4) is 0 Å². The molecule has 1 unspecified atom stereocenters. The molecule has 1 atom stereocenters. The van der Waals surface area contributed by atoms with Crippen LogP contribution in [0, 0.1) is 0 Å². The highest BCUT2D eigenvalue weighted by atomic mass is 32.2. The van der Waals surface area contributed by atoms with E-state index in [9.17, 15) is 13.2 Å². The summed E-state index contributed by atoms with van der Waals surface area (Å²) in [5.41, 5.74) is 0.724. The van der Waals surface area contributed by atoms with Crippen molar-refractivity contribution < 1.29 is 17.9 Å². The van der Waals surface area contributed by atoms with Crippen LogP contribution in [0.15, 0.2) is 29.2 Å². The van der Waals surface area contributed by atoms with Crippen molar-refractivity contribution in [1.82, 2.24) is 15.4 Å². The molecule has 0 aliphatic heterocycles. The highest BCUT2D eigenvalue weighted by Crippen LogP contribution is 2.17. The summed E-state index contributed by atoms with van der Waals surface area (Å²) >= 11 is 0. The number of hydrogen-bond acceptors (Lipinski definition) is 5. The van der Waals surface area contributed by atoms with E-state index in [1.165, 1.54) is 13.1 Å². The Morgan fingerprint density at radius 3 is 2.73 bits per heavy atom. The van der Waals surface area contributed by atoms with E-state index < -0.39 is 10.0 Å². The maximum Gasteiger partial charge on any atom is 0.240 e. The van der Waals surface area contributed by atoms with Crippen LogP contribution in [0.25, 0.3) is 0 Å². The Bertz CT molecular complexity index is 590. The predicted molar refractivity (Wildman–Crippen MR) is 84.0 cm³/mol. The molecule has 0 aromatic heterocycles. The maximum absolute atomic E-state index is 11.8. The Hall–Kier alpha value is -1.48. The summed E-state index contributed by atoms with van der Waals surface area (Å²) in [6, 6.07) is 6.20. The SMILES string of the molecule is CNS(=O)(=O)c1cccc(C(C)NC(=O)CNCCOC)c1. The van der Waals surface area contributed by atoms with Gasteiger partial charge in [0.15, 0.2) is 0 Å². The van der Waals surface area contributed by atoms with Gasteiger partial charge >= 0.3 is 0 Å². The van der Waals surface area contributed by atoms with Gasteiger partial charge in [0.25, 0.3) is 0 Å². The molecule has 1 amide bonds. The minimum absolute atomic E-state index is 0.162. The smallest absolute Gasteiger partial charge is 0.240 e. The van der Waals surface area contributed by atoms with Crippen molar-refractivity contribution in [2.24, 2.45) is 0 Å². The minimum atomic E-state index is -3.49. The number of carbonyl (C=O) groups is 1. The van der Waals surface area contributed by atoms with E-state index in [1.54, 1.807) is 32.2 Å². The Kier molecular flexibility index (Phi) is 7.46. The first-order valence-corrected chi connectivity index (χ1v) is 8.41. The van der Waals surface area contributed by atoms with Gasteiger partial charge in [-0.05, 0) is 31.7 Å². The minimum Gasteiger partial charge on any atom is -0.383 e. The third-order valence-electron chi connectivity index (χ3n) is 3.08. The number of sulfonamides is 1. The molecule has 0 heterocycles. The number of amides is 1. The third kappa shape index (κ3) is 5.72. The molecule has 1 aromatic rings. The second kappa shape index (κ2) is 8.84. The second-order valence-corrected chi connectivity index (χ2v) is 6.63. The third-order valence-corrected chi connectivity index (χ3v) is 4.50. The van der Waals surface area contributed by atoms with E-state index in [0.29, 0.717) is 13.2 Å². The topological polar surface area (TPSA) is 96.5 Å². The lowest BCUT2D eigenvalue weighted by Crippen LogP contribution is -2.36. The summed E-state index contributed by atoms with van der Waals surface area (Å²) in [4.78, 5) is 12.0. The largest absolute Gasteiger partial charge is 0.383 e. The summed E-state index contributed by atoms with van der Waals surface area (Å²) in [6.45, 7) is 3.11. The molecule has 0 aliphatic rings. The van der Waals surface area contributed by atoms with Crippen molar-refractivity contribution >= 4 is 15.9 Å². The molecule has 0 bridgehead atoms. The van der Waals surface area contributed by atoms with Crippen molar-refractivity contribution in [3.63, 3.8) is 0 Å². The molecule has 0 spiro atoms. The van der Waals surface area contributed by atoms with Crippen molar-refractivity contribution in [3.05, 3.63) is 29.8 Å². The summed E-state index contributed by atoms with van der Waals surface area (Å²) in [6.07, 6.45) is 0. The number of rotatable bonds is 9. The fourth-order valence-corrected chi connectivity index (χ4v) is 2.61. The van der Waals surface area contributed by atoms with Gasteiger partial charge in [0.2, 0.25) is 15.9 Å². The van der Waals surface area contributed by atoms with Crippen LogP contribution in [-0.4, -0.2) is 48.2 Å². The molecule has 0 saturated heterocycles. The van der Waals surface area contributed by atoms with Crippen molar-refractivity contribution in [2.75, 3.05) is 33.9 Å². The van der Waals surface area contributed by atoms with E-state index in [-0.39, 0.29) is 23.4 Å². The van der Waals surface area contributed by atoms with Gasteiger partial charge in [-0.2, -0.15) is 0 Å². The summed E-state index contributed by atoms with van der Waals surface area (Å²) in [7, 11) is -0.539. The summed E-state index contributed by atoms with van der Waals surface area (Å²) in [5, 5.41) is 5.76. The van der Waals surface area contributed by atoms with Gasteiger partial charge in [-0.15, -0.1) is 0 Å². The predicted octanol–water partition coefficient (Wildman–Crippen LogP) is 0.00790. The van der Waals surface area contributed by atoms with Gasteiger partial charge in [-0.25, -0.2) is 13.1 Å². The molecule has 8 heteroatoms. The standard InChI is InChI=1S/C14H23N3O4S/c1-11(17-14(18)10-16-7-8-21-3)12-5-4-6-13(9-12)22(19,20)15-2/h4-6,9,11,15-16H,7-8,10H2,1-3H3,(H,17,18). The van der Waals surface area contributed by atoms with Crippen LogP contribution in [-0.2, 0) is 19.6 Å². The molecule has 1 aromatic carbocycles.